The first-order chi connectivity index (χ1) is 13.4. The van der Waals surface area contributed by atoms with Crippen molar-refractivity contribution in [3.8, 4) is 0 Å². The van der Waals surface area contributed by atoms with E-state index in [4.69, 9.17) is 4.74 Å². The third-order valence-corrected chi connectivity index (χ3v) is 4.24. The summed E-state index contributed by atoms with van der Waals surface area (Å²) in [6.07, 6.45) is 0. The number of methoxy groups -OCH3 is 1. The van der Waals surface area contributed by atoms with Gasteiger partial charge in [0.2, 0.25) is 5.95 Å². The van der Waals surface area contributed by atoms with Gasteiger partial charge in [0.15, 0.2) is 0 Å². The molecule has 0 saturated carbocycles. The van der Waals surface area contributed by atoms with Crippen molar-refractivity contribution in [1.82, 2.24) is 9.97 Å². The number of ether oxygens (including phenoxy) is 1. The first-order valence-corrected chi connectivity index (χ1v) is 9.12. The molecule has 6 nitrogen and oxygen atoms in total. The number of benzene rings is 2. The Morgan fingerprint density at radius 2 is 1.71 bits per heavy atom. The summed E-state index contributed by atoms with van der Waals surface area (Å²) in [7, 11) is 1.36. The number of hydrogen-bond donors (Lipinski definition) is 2. The third-order valence-electron chi connectivity index (χ3n) is 4.24. The lowest BCUT2D eigenvalue weighted by Gasteiger charge is -2.11. The molecule has 0 spiro atoms. The normalized spacial score (nSPS) is 10.6. The summed E-state index contributed by atoms with van der Waals surface area (Å²) in [6.45, 7) is 6.24. The lowest BCUT2D eigenvalue weighted by molar-refractivity contribution is 0.0601. The molecule has 0 aliphatic carbocycles. The van der Waals surface area contributed by atoms with Crippen molar-refractivity contribution < 1.29 is 9.53 Å². The highest BCUT2D eigenvalue weighted by Gasteiger charge is 2.08. The molecule has 0 saturated heterocycles. The highest BCUT2D eigenvalue weighted by molar-refractivity contribution is 5.90. The number of hydrogen-bond acceptors (Lipinski definition) is 6. The van der Waals surface area contributed by atoms with Crippen molar-refractivity contribution in [3.05, 3.63) is 71.4 Å². The van der Waals surface area contributed by atoms with Crippen LogP contribution in [0.25, 0.3) is 0 Å². The fourth-order valence-electron chi connectivity index (χ4n) is 2.76. The van der Waals surface area contributed by atoms with Crippen molar-refractivity contribution >= 4 is 29.1 Å². The Morgan fingerprint density at radius 3 is 2.39 bits per heavy atom. The van der Waals surface area contributed by atoms with E-state index in [-0.39, 0.29) is 5.97 Å². The maximum atomic E-state index is 11.7. The number of carbonyl (C=O) groups is 1. The molecule has 0 aliphatic heterocycles. The molecule has 0 aliphatic rings. The van der Waals surface area contributed by atoms with E-state index in [1.807, 2.05) is 31.2 Å². The van der Waals surface area contributed by atoms with E-state index in [1.54, 1.807) is 18.2 Å². The molecule has 1 aromatic heterocycles. The largest absolute Gasteiger partial charge is 0.465 e. The minimum atomic E-state index is -0.380. The molecule has 3 rings (SSSR count). The molecule has 0 bridgehead atoms. The Balaban J connectivity index is 1.79. The number of nitrogens with one attached hydrogen (secondary N) is 2. The summed E-state index contributed by atoms with van der Waals surface area (Å²) < 4.78 is 4.77. The average Bonchev–Trinajstić information content (AvgIpc) is 2.67. The van der Waals surface area contributed by atoms with E-state index in [1.165, 1.54) is 12.7 Å². The van der Waals surface area contributed by atoms with E-state index >= 15 is 0 Å². The molecule has 144 valence electrons. The second kappa shape index (κ2) is 8.52. The molecule has 28 heavy (non-hydrogen) atoms. The third kappa shape index (κ3) is 4.85. The molecule has 2 aromatic carbocycles. The number of aromatic nitrogens is 2. The monoisotopic (exact) mass is 376 g/mol. The van der Waals surface area contributed by atoms with Crippen molar-refractivity contribution in [2.24, 2.45) is 0 Å². The van der Waals surface area contributed by atoms with Crippen LogP contribution in [0.3, 0.4) is 0 Å². The van der Waals surface area contributed by atoms with Crippen LogP contribution in [-0.2, 0) is 4.74 Å². The van der Waals surface area contributed by atoms with E-state index < -0.39 is 0 Å². The van der Waals surface area contributed by atoms with E-state index in [2.05, 4.69) is 46.6 Å². The lowest BCUT2D eigenvalue weighted by atomic mass is 10.0. The Morgan fingerprint density at radius 1 is 0.964 bits per heavy atom. The molecule has 2 N–H and O–H groups in total. The quantitative estimate of drug-likeness (QED) is 0.577. The lowest BCUT2D eigenvalue weighted by Crippen LogP contribution is -2.04. The number of carbonyl (C=O) groups excluding carboxylic acids is 1. The average molecular weight is 376 g/mol. The molecule has 6 heteroatoms. The fourth-order valence-corrected chi connectivity index (χ4v) is 2.76. The summed E-state index contributed by atoms with van der Waals surface area (Å²) >= 11 is 0. The molecule has 0 atom stereocenters. The van der Waals surface area contributed by atoms with E-state index in [0.29, 0.717) is 23.2 Å². The number of anilines is 4. The highest BCUT2D eigenvalue weighted by atomic mass is 16.5. The second-order valence-corrected chi connectivity index (χ2v) is 6.82. The van der Waals surface area contributed by atoms with Crippen molar-refractivity contribution in [2.75, 3.05) is 17.7 Å². The zero-order valence-corrected chi connectivity index (χ0v) is 16.5. The Labute approximate surface area is 165 Å². The van der Waals surface area contributed by atoms with Gasteiger partial charge in [-0.25, -0.2) is 9.78 Å². The summed E-state index contributed by atoms with van der Waals surface area (Å²) in [4.78, 5) is 20.7. The summed E-state index contributed by atoms with van der Waals surface area (Å²) in [6, 6.07) is 17.2. The summed E-state index contributed by atoms with van der Waals surface area (Å²) in [5.74, 6) is 1.25. The fraction of sp³-hybridized carbons (Fsp3) is 0.227. The van der Waals surface area contributed by atoms with Gasteiger partial charge in [0, 0.05) is 23.1 Å². The zero-order chi connectivity index (χ0) is 20.1. The van der Waals surface area contributed by atoms with Crippen LogP contribution in [0, 0.1) is 6.92 Å². The summed E-state index contributed by atoms with van der Waals surface area (Å²) in [5, 5.41) is 6.45. The number of esters is 1. The predicted octanol–water partition coefficient (Wildman–Crippen LogP) is 5.18. The van der Waals surface area contributed by atoms with Gasteiger partial charge < -0.3 is 15.4 Å². The maximum Gasteiger partial charge on any atom is 0.337 e. The first-order valence-electron chi connectivity index (χ1n) is 9.12. The molecular formula is C22H24N4O2. The molecule has 1 heterocycles. The Hall–Kier alpha value is -3.41. The van der Waals surface area contributed by atoms with Gasteiger partial charge in [0.25, 0.3) is 0 Å². The first kappa shape index (κ1) is 19.4. The molecule has 0 fully saturated rings. The smallest absolute Gasteiger partial charge is 0.337 e. The molecule has 0 radical (unpaired) electrons. The van der Waals surface area contributed by atoms with Crippen LogP contribution < -0.4 is 10.6 Å². The van der Waals surface area contributed by atoms with E-state index in [9.17, 15) is 4.79 Å². The van der Waals surface area contributed by atoms with Crippen LogP contribution in [0.5, 0.6) is 0 Å². The predicted molar refractivity (Wildman–Crippen MR) is 112 cm³/mol. The minimum Gasteiger partial charge on any atom is -0.465 e. The number of aryl methyl sites for hydroxylation is 1. The van der Waals surface area contributed by atoms with Gasteiger partial charge in [-0.15, -0.1) is 0 Å². The van der Waals surface area contributed by atoms with Crippen LogP contribution >= 0.6 is 0 Å². The summed E-state index contributed by atoms with van der Waals surface area (Å²) in [5.41, 5.74) is 4.25. The standard InChI is InChI=1S/C22H24N4O2/c1-14(2)16-8-10-18(11-9-16)25-22-23-15(3)12-20(26-22)24-19-7-5-6-17(13-19)21(27)28-4/h5-14H,1-4H3,(H2,23,24,25,26). The molecule has 0 amide bonds. The SMILES string of the molecule is COC(=O)c1cccc(Nc2cc(C)nc(Nc3ccc(C(C)C)cc3)n2)c1. The van der Waals surface area contributed by atoms with Crippen LogP contribution in [0.1, 0.15) is 41.4 Å². The van der Waals surface area contributed by atoms with Crippen LogP contribution in [0.15, 0.2) is 54.6 Å². The molecule has 3 aromatic rings. The highest BCUT2D eigenvalue weighted by Crippen LogP contribution is 2.22. The van der Waals surface area contributed by atoms with Gasteiger partial charge in [-0.05, 0) is 48.7 Å². The van der Waals surface area contributed by atoms with Gasteiger partial charge in [0.05, 0.1) is 12.7 Å². The second-order valence-electron chi connectivity index (χ2n) is 6.82. The minimum absolute atomic E-state index is 0.380. The van der Waals surface area contributed by atoms with Crippen LogP contribution in [0.2, 0.25) is 0 Å². The van der Waals surface area contributed by atoms with Gasteiger partial charge in [-0.3, -0.25) is 0 Å². The number of nitrogens with zero attached hydrogens (tertiary/aromatic N) is 2. The van der Waals surface area contributed by atoms with Gasteiger partial charge >= 0.3 is 5.97 Å². The molecular weight excluding hydrogens is 352 g/mol. The Kier molecular flexibility index (Phi) is 5.89. The van der Waals surface area contributed by atoms with Crippen molar-refractivity contribution in [3.63, 3.8) is 0 Å². The van der Waals surface area contributed by atoms with Crippen molar-refractivity contribution in [1.29, 1.82) is 0 Å². The van der Waals surface area contributed by atoms with Crippen molar-refractivity contribution in [2.45, 2.75) is 26.7 Å². The Bertz CT molecular complexity index is 969. The molecule has 0 unspecified atom stereocenters. The van der Waals surface area contributed by atoms with E-state index in [0.717, 1.165) is 17.1 Å². The number of rotatable bonds is 6. The van der Waals surface area contributed by atoms with Gasteiger partial charge in [-0.1, -0.05) is 32.0 Å². The van der Waals surface area contributed by atoms with Gasteiger partial charge in [-0.2, -0.15) is 4.98 Å². The maximum absolute atomic E-state index is 11.7. The zero-order valence-electron chi connectivity index (χ0n) is 16.5. The van der Waals surface area contributed by atoms with Gasteiger partial charge in [0.1, 0.15) is 5.82 Å². The topological polar surface area (TPSA) is 76.1 Å². The van der Waals surface area contributed by atoms with Crippen LogP contribution in [0.4, 0.5) is 23.1 Å². The van der Waals surface area contributed by atoms with Crippen LogP contribution in [-0.4, -0.2) is 23.0 Å².